The lowest BCUT2D eigenvalue weighted by Gasteiger charge is -1.90. The molecule has 0 heterocycles. The van der Waals surface area contributed by atoms with Gasteiger partial charge in [0.25, 0.3) is 0 Å². The van der Waals surface area contributed by atoms with Crippen molar-refractivity contribution in [2.45, 2.75) is 32.1 Å². The molecule has 0 unspecified atom stereocenters. The summed E-state index contributed by atoms with van der Waals surface area (Å²) < 4.78 is 0. The summed E-state index contributed by atoms with van der Waals surface area (Å²) in [6, 6.07) is 0. The van der Waals surface area contributed by atoms with Crippen LogP contribution in [0.15, 0.2) is 48.6 Å². The second-order valence-corrected chi connectivity index (χ2v) is 3.38. The van der Waals surface area contributed by atoms with Gasteiger partial charge in [-0.25, -0.2) is 0 Å². The van der Waals surface area contributed by atoms with E-state index in [0.717, 1.165) is 19.3 Å². The van der Waals surface area contributed by atoms with Crippen LogP contribution in [0.25, 0.3) is 0 Å². The van der Waals surface area contributed by atoms with Crippen LogP contribution in [-0.4, -0.2) is 0 Å². The molecule has 0 heteroatoms. The van der Waals surface area contributed by atoms with E-state index in [1.807, 2.05) is 0 Å². The van der Waals surface area contributed by atoms with E-state index in [0.29, 0.717) is 0 Å². The Morgan fingerprint density at radius 2 is 1.07 bits per heavy atom. The van der Waals surface area contributed by atoms with Crippen LogP contribution in [-0.2, 0) is 0 Å². The van der Waals surface area contributed by atoms with Gasteiger partial charge in [0.1, 0.15) is 0 Å². The van der Waals surface area contributed by atoms with E-state index in [1.54, 1.807) is 0 Å². The van der Waals surface area contributed by atoms with E-state index < -0.39 is 0 Å². The lowest BCUT2D eigenvalue weighted by atomic mass is 10.2. The average Bonchev–Trinajstić information content (AvgIpc) is 2.22. The van der Waals surface area contributed by atoms with Crippen molar-refractivity contribution in [1.82, 2.24) is 0 Å². The van der Waals surface area contributed by atoms with E-state index in [-0.39, 0.29) is 0 Å². The molecule has 1 aliphatic rings. The summed E-state index contributed by atoms with van der Waals surface area (Å²) in [5, 5.41) is 0. The van der Waals surface area contributed by atoms with Crippen molar-refractivity contribution in [3.63, 3.8) is 0 Å². The first-order valence-corrected chi connectivity index (χ1v) is 5.45. The van der Waals surface area contributed by atoms with Gasteiger partial charge in [0.05, 0.1) is 0 Å². The SMILES string of the molecule is [CH]1/C=C/CC/C=C/CC/C=C\C=C\C1. The first kappa shape index (κ1) is 11.0. The van der Waals surface area contributed by atoms with Crippen molar-refractivity contribution in [3.05, 3.63) is 55.0 Å². The highest BCUT2D eigenvalue weighted by Crippen LogP contribution is 2.00. The number of rotatable bonds is 0. The van der Waals surface area contributed by atoms with Crippen LogP contribution in [0.4, 0.5) is 0 Å². The zero-order valence-corrected chi connectivity index (χ0v) is 8.73. The average molecular weight is 187 g/mol. The summed E-state index contributed by atoms with van der Waals surface area (Å²) in [6.07, 6.45) is 25.5. The van der Waals surface area contributed by atoms with Crippen LogP contribution in [0.5, 0.6) is 0 Å². The maximum Gasteiger partial charge on any atom is -0.0133 e. The molecule has 14 heavy (non-hydrogen) atoms. The van der Waals surface area contributed by atoms with Gasteiger partial charge in [-0.1, -0.05) is 48.6 Å². The molecule has 0 aromatic rings. The van der Waals surface area contributed by atoms with Crippen molar-refractivity contribution >= 4 is 0 Å². The maximum atomic E-state index is 2.28. The van der Waals surface area contributed by atoms with E-state index in [9.17, 15) is 0 Å². The highest BCUT2D eigenvalue weighted by Gasteiger charge is 1.81. The van der Waals surface area contributed by atoms with Gasteiger partial charge < -0.3 is 0 Å². The van der Waals surface area contributed by atoms with Gasteiger partial charge in [-0.2, -0.15) is 0 Å². The monoisotopic (exact) mass is 187 g/mol. The molecule has 0 aromatic carbocycles. The van der Waals surface area contributed by atoms with Crippen LogP contribution < -0.4 is 0 Å². The highest BCUT2D eigenvalue weighted by molar-refractivity contribution is 5.07. The summed E-state index contributed by atoms with van der Waals surface area (Å²) >= 11 is 0. The molecule has 1 aliphatic carbocycles. The van der Waals surface area contributed by atoms with Gasteiger partial charge in [0.15, 0.2) is 0 Å². The predicted octanol–water partition coefficient (Wildman–Crippen LogP) is 4.38. The van der Waals surface area contributed by atoms with Gasteiger partial charge in [-0.3, -0.25) is 0 Å². The van der Waals surface area contributed by atoms with Gasteiger partial charge in [0.2, 0.25) is 0 Å². The maximum absolute atomic E-state index is 2.28. The Morgan fingerprint density at radius 3 is 1.86 bits per heavy atom. The van der Waals surface area contributed by atoms with Gasteiger partial charge in [-0.05, 0) is 38.5 Å². The van der Waals surface area contributed by atoms with Gasteiger partial charge in [-0.15, -0.1) is 0 Å². The molecule has 75 valence electrons. The molecule has 0 fully saturated rings. The fourth-order valence-corrected chi connectivity index (χ4v) is 1.30. The minimum atomic E-state index is 1.04. The molecule has 0 aromatic heterocycles. The summed E-state index contributed by atoms with van der Waals surface area (Å²) in [5.41, 5.74) is 0. The highest BCUT2D eigenvalue weighted by atomic mass is 13.9. The van der Waals surface area contributed by atoms with Crippen LogP contribution in [0, 0.1) is 6.42 Å². The predicted molar refractivity (Wildman–Crippen MR) is 63.9 cm³/mol. The van der Waals surface area contributed by atoms with Crippen LogP contribution in [0.3, 0.4) is 0 Å². The number of allylic oxidation sites excluding steroid dienone is 8. The molecule has 0 N–H and O–H groups in total. The third-order valence-corrected chi connectivity index (χ3v) is 2.09. The van der Waals surface area contributed by atoms with Gasteiger partial charge in [0, 0.05) is 0 Å². The lowest BCUT2D eigenvalue weighted by molar-refractivity contribution is 1.00. The van der Waals surface area contributed by atoms with Crippen molar-refractivity contribution in [2.75, 3.05) is 0 Å². The smallest absolute Gasteiger partial charge is 0.0133 e. The van der Waals surface area contributed by atoms with E-state index in [1.165, 1.54) is 12.8 Å². The summed E-state index contributed by atoms with van der Waals surface area (Å²) in [5.74, 6) is 0. The molecule has 0 saturated carbocycles. The van der Waals surface area contributed by atoms with Crippen molar-refractivity contribution in [3.8, 4) is 0 Å². The molecule has 0 spiro atoms. The Kier molecular flexibility index (Phi) is 6.74. The molecule has 0 aliphatic heterocycles. The van der Waals surface area contributed by atoms with Gasteiger partial charge >= 0.3 is 0 Å². The minimum absolute atomic E-state index is 1.04. The largest absolute Gasteiger partial charge is 0.0882 e. The second kappa shape index (κ2) is 8.55. The van der Waals surface area contributed by atoms with Crippen molar-refractivity contribution in [2.24, 2.45) is 0 Å². The van der Waals surface area contributed by atoms with Crippen LogP contribution >= 0.6 is 0 Å². The number of hydrogen-bond acceptors (Lipinski definition) is 0. The Bertz CT molecular complexity index is 202. The van der Waals surface area contributed by atoms with E-state index in [4.69, 9.17) is 0 Å². The van der Waals surface area contributed by atoms with E-state index in [2.05, 4.69) is 55.0 Å². The topological polar surface area (TPSA) is 0 Å². The molecule has 0 atom stereocenters. The first-order valence-electron chi connectivity index (χ1n) is 5.45. The fourth-order valence-electron chi connectivity index (χ4n) is 1.30. The lowest BCUT2D eigenvalue weighted by Crippen LogP contribution is -1.71. The van der Waals surface area contributed by atoms with Crippen molar-refractivity contribution < 1.29 is 0 Å². The third-order valence-electron chi connectivity index (χ3n) is 2.09. The number of hydrogen-bond donors (Lipinski definition) is 0. The zero-order valence-electron chi connectivity index (χ0n) is 8.73. The second-order valence-electron chi connectivity index (χ2n) is 3.38. The molecular weight excluding hydrogens is 168 g/mol. The molecule has 1 radical (unpaired) electrons. The minimum Gasteiger partial charge on any atom is -0.0882 e. The Hall–Kier alpha value is -1.04. The third kappa shape index (κ3) is 6.47. The molecule has 0 saturated heterocycles. The van der Waals surface area contributed by atoms with E-state index >= 15 is 0 Å². The van der Waals surface area contributed by atoms with Crippen molar-refractivity contribution in [1.29, 1.82) is 0 Å². The summed E-state index contributed by atoms with van der Waals surface area (Å²) in [6.45, 7) is 0. The molecular formula is C14H19. The Labute approximate surface area is 87.7 Å². The van der Waals surface area contributed by atoms with Crippen LogP contribution in [0.1, 0.15) is 32.1 Å². The molecule has 1 rings (SSSR count). The first-order chi connectivity index (χ1) is 7.00. The molecule has 0 nitrogen and oxygen atoms in total. The Morgan fingerprint density at radius 1 is 0.500 bits per heavy atom. The standard InChI is InChI=1S/C14H19/c1-2-4-6-8-10-12-14-13-11-9-7-5-3-1/h1-4,7,9-12H,5-6,8,13-14H2/b3-1+,4-2-,11-9+,12-10+. The summed E-state index contributed by atoms with van der Waals surface area (Å²) in [7, 11) is 0. The molecule has 0 bridgehead atoms. The zero-order chi connectivity index (χ0) is 9.90. The fraction of sp³-hybridized carbons (Fsp3) is 0.357. The normalized spacial score (nSPS) is 28.6. The van der Waals surface area contributed by atoms with Crippen LogP contribution in [0.2, 0.25) is 0 Å². The quantitative estimate of drug-likeness (QED) is 0.494. The Balaban J connectivity index is 2.34. The summed E-state index contributed by atoms with van der Waals surface area (Å²) in [4.78, 5) is 0. The molecule has 0 amide bonds.